The first-order chi connectivity index (χ1) is 17.2. The van der Waals surface area contributed by atoms with Crippen molar-refractivity contribution in [1.29, 1.82) is 0 Å². The summed E-state index contributed by atoms with van der Waals surface area (Å²) in [5.74, 6) is -1.53. The molecule has 190 valence electrons. The highest BCUT2D eigenvalue weighted by Crippen LogP contribution is 2.40. The number of hydrogen-bond acceptors (Lipinski definition) is 5. The summed E-state index contributed by atoms with van der Waals surface area (Å²) in [5.41, 5.74) is 0.531. The molecule has 4 rings (SSSR count). The van der Waals surface area contributed by atoms with Gasteiger partial charge in [-0.2, -0.15) is 16.9 Å². The van der Waals surface area contributed by atoms with E-state index in [2.05, 4.69) is 10.1 Å². The maximum atomic E-state index is 14.8. The first-order valence-corrected chi connectivity index (χ1v) is 12.9. The third kappa shape index (κ3) is 6.20. The molecular formula is C27H30F2N4O2S. The summed E-state index contributed by atoms with van der Waals surface area (Å²) in [7, 11) is 0. The third-order valence-electron chi connectivity index (χ3n) is 6.59. The minimum absolute atomic E-state index is 0.0215. The molecule has 1 N–H and O–H groups in total. The molecule has 0 spiro atoms. The average Bonchev–Trinajstić information content (AvgIpc) is 3.36. The van der Waals surface area contributed by atoms with E-state index in [4.69, 9.17) is 0 Å². The third-order valence-corrected chi connectivity index (χ3v) is 8.24. The van der Waals surface area contributed by atoms with Gasteiger partial charge in [-0.25, -0.2) is 18.4 Å². The van der Waals surface area contributed by atoms with E-state index in [0.29, 0.717) is 13.1 Å². The molecule has 1 amide bonds. The maximum Gasteiger partial charge on any atom is 0.246 e. The first kappa shape index (κ1) is 26.0. The largest absolute Gasteiger partial charge is 0.382 e. The molecule has 1 aromatic heterocycles. The van der Waals surface area contributed by atoms with Crippen molar-refractivity contribution >= 4 is 23.7 Å². The number of carbonyl (C=O) groups excluding carboxylic acids is 1. The Bertz CT molecular complexity index is 1190. The zero-order valence-electron chi connectivity index (χ0n) is 20.3. The monoisotopic (exact) mass is 512 g/mol. The van der Waals surface area contributed by atoms with Gasteiger partial charge < -0.3 is 10.0 Å². The lowest BCUT2D eigenvalue weighted by Crippen LogP contribution is -2.44. The molecule has 2 heterocycles. The highest BCUT2D eigenvalue weighted by atomic mass is 32.2. The number of likely N-dealkylation sites (tertiary alicyclic amines) is 1. The van der Waals surface area contributed by atoms with E-state index in [0.717, 1.165) is 30.5 Å². The second kappa shape index (κ2) is 11.3. The number of piperidine rings is 1. The van der Waals surface area contributed by atoms with Crippen LogP contribution >= 0.6 is 11.8 Å². The van der Waals surface area contributed by atoms with Crippen molar-refractivity contribution < 1.29 is 18.7 Å². The van der Waals surface area contributed by atoms with Crippen LogP contribution in [0.4, 0.5) is 8.78 Å². The Kier molecular flexibility index (Phi) is 8.21. The van der Waals surface area contributed by atoms with Gasteiger partial charge in [0, 0.05) is 41.3 Å². The normalized spacial score (nSPS) is 17.3. The minimum Gasteiger partial charge on any atom is -0.382 e. The Morgan fingerprint density at radius 1 is 1.22 bits per heavy atom. The molecule has 3 aromatic rings. The lowest BCUT2D eigenvalue weighted by atomic mass is 9.90. The molecule has 0 unspecified atom stereocenters. The number of thioether (sulfide) groups is 1. The predicted octanol–water partition coefficient (Wildman–Crippen LogP) is 4.58. The molecule has 36 heavy (non-hydrogen) atoms. The fraction of sp³-hybridized carbons (Fsp3) is 0.370. The number of hydrogen-bond donors (Lipinski definition) is 1. The molecule has 2 aromatic carbocycles. The van der Waals surface area contributed by atoms with Gasteiger partial charge in [-0.3, -0.25) is 4.79 Å². The Balaban J connectivity index is 1.40. The molecule has 0 radical (unpaired) electrons. The van der Waals surface area contributed by atoms with Gasteiger partial charge in [-0.05, 0) is 37.5 Å². The van der Waals surface area contributed by atoms with Crippen molar-refractivity contribution in [1.82, 2.24) is 19.7 Å². The van der Waals surface area contributed by atoms with Gasteiger partial charge in [0.25, 0.3) is 0 Å². The highest BCUT2D eigenvalue weighted by Gasteiger charge is 2.41. The minimum atomic E-state index is -1.64. The maximum absolute atomic E-state index is 14.8. The second-order valence-electron chi connectivity index (χ2n) is 9.19. The van der Waals surface area contributed by atoms with Crippen LogP contribution < -0.4 is 0 Å². The zero-order chi connectivity index (χ0) is 25.7. The number of benzene rings is 2. The Labute approximate surface area is 214 Å². The van der Waals surface area contributed by atoms with E-state index in [1.165, 1.54) is 29.0 Å². The summed E-state index contributed by atoms with van der Waals surface area (Å²) in [6.07, 6.45) is 7.74. The standard InChI is InChI=1S/C27H30F2N4O2S/c1-19-3-5-21(6-4-19)7-10-26(34)32-13-11-23(12-14-32)36-20(2)27(35,16-33-18-30-17-31-33)24-9-8-22(28)15-25(24)29/h3-10,15,17-18,20,23,35H,11-14,16H2,1-2H3/t20-,27-/m1/s1. The second-order valence-corrected chi connectivity index (χ2v) is 10.8. The van der Waals surface area contributed by atoms with Gasteiger partial charge in [-0.15, -0.1) is 0 Å². The van der Waals surface area contributed by atoms with Crippen molar-refractivity contribution in [2.75, 3.05) is 13.1 Å². The lowest BCUT2D eigenvalue weighted by Gasteiger charge is -2.38. The van der Waals surface area contributed by atoms with Crippen molar-refractivity contribution in [2.45, 2.75) is 49.3 Å². The molecular weight excluding hydrogens is 482 g/mol. The fourth-order valence-corrected chi connectivity index (χ4v) is 5.89. The topological polar surface area (TPSA) is 71.2 Å². The van der Waals surface area contributed by atoms with Crippen LogP contribution in [-0.2, 0) is 16.9 Å². The van der Waals surface area contributed by atoms with E-state index >= 15 is 0 Å². The summed E-state index contributed by atoms with van der Waals surface area (Å²) in [4.78, 5) is 18.4. The molecule has 6 nitrogen and oxygen atoms in total. The number of nitrogens with zero attached hydrogens (tertiary/aromatic N) is 4. The summed E-state index contributed by atoms with van der Waals surface area (Å²) in [6, 6.07) is 11.2. The molecule has 2 atom stereocenters. The van der Waals surface area contributed by atoms with Gasteiger partial charge in [0.1, 0.15) is 29.9 Å². The van der Waals surface area contributed by atoms with Crippen molar-refractivity contribution in [3.63, 3.8) is 0 Å². The van der Waals surface area contributed by atoms with Crippen LogP contribution in [-0.4, -0.2) is 54.3 Å². The summed E-state index contributed by atoms with van der Waals surface area (Å²) < 4.78 is 29.8. The van der Waals surface area contributed by atoms with Crippen LogP contribution in [0.2, 0.25) is 0 Å². The summed E-state index contributed by atoms with van der Waals surface area (Å²) >= 11 is 1.55. The molecule has 1 aliphatic rings. The predicted molar refractivity (Wildman–Crippen MR) is 137 cm³/mol. The summed E-state index contributed by atoms with van der Waals surface area (Å²) in [5, 5.41) is 15.5. The van der Waals surface area contributed by atoms with E-state index < -0.39 is 22.5 Å². The van der Waals surface area contributed by atoms with E-state index in [9.17, 15) is 18.7 Å². The van der Waals surface area contributed by atoms with Crippen LogP contribution in [0, 0.1) is 18.6 Å². The van der Waals surface area contributed by atoms with Gasteiger partial charge >= 0.3 is 0 Å². The Hall–Kier alpha value is -3.04. The number of aliphatic hydroxyl groups is 1. The van der Waals surface area contributed by atoms with Crippen molar-refractivity contribution in [2.24, 2.45) is 0 Å². The molecule has 1 saturated heterocycles. The SMILES string of the molecule is Cc1ccc(C=CC(=O)N2CCC(S[C@H](C)[C@](O)(Cn3cncn3)c3ccc(F)cc3F)CC2)cc1. The van der Waals surface area contributed by atoms with Crippen molar-refractivity contribution in [3.8, 4) is 0 Å². The molecule has 1 fully saturated rings. The Morgan fingerprint density at radius 2 is 1.94 bits per heavy atom. The van der Waals surface area contributed by atoms with Crippen LogP contribution in [0.1, 0.15) is 36.5 Å². The van der Waals surface area contributed by atoms with Crippen molar-refractivity contribution in [3.05, 3.63) is 89.5 Å². The van der Waals surface area contributed by atoms with Gasteiger partial charge in [0.2, 0.25) is 5.91 Å². The molecule has 0 saturated carbocycles. The van der Waals surface area contributed by atoms with Gasteiger partial charge in [0.15, 0.2) is 0 Å². The molecule has 1 aliphatic heterocycles. The number of halogens is 2. The van der Waals surface area contributed by atoms with Gasteiger partial charge in [0.05, 0.1) is 6.54 Å². The van der Waals surface area contributed by atoms with Crippen LogP contribution in [0.15, 0.2) is 61.2 Å². The van der Waals surface area contributed by atoms with Crippen LogP contribution in [0.25, 0.3) is 6.08 Å². The van der Waals surface area contributed by atoms with Crippen LogP contribution in [0.5, 0.6) is 0 Å². The molecule has 9 heteroatoms. The summed E-state index contributed by atoms with van der Waals surface area (Å²) in [6.45, 7) is 5.05. The average molecular weight is 513 g/mol. The number of rotatable bonds is 8. The number of aryl methyl sites for hydroxylation is 1. The van der Waals surface area contributed by atoms with E-state index in [1.807, 2.05) is 49.1 Å². The van der Waals surface area contributed by atoms with Crippen LogP contribution in [0.3, 0.4) is 0 Å². The molecule has 0 aliphatic carbocycles. The quantitative estimate of drug-likeness (QED) is 0.448. The number of aromatic nitrogens is 3. The highest BCUT2D eigenvalue weighted by molar-refractivity contribution is 8.00. The molecule has 0 bridgehead atoms. The van der Waals surface area contributed by atoms with E-state index in [-0.39, 0.29) is 23.3 Å². The first-order valence-electron chi connectivity index (χ1n) is 11.9. The smallest absolute Gasteiger partial charge is 0.246 e. The van der Waals surface area contributed by atoms with E-state index in [1.54, 1.807) is 17.8 Å². The zero-order valence-corrected chi connectivity index (χ0v) is 21.2. The lowest BCUT2D eigenvalue weighted by molar-refractivity contribution is -0.126. The number of amides is 1. The fourth-order valence-electron chi connectivity index (χ4n) is 4.40. The number of carbonyl (C=O) groups is 1. The Morgan fingerprint density at radius 3 is 2.58 bits per heavy atom. The van der Waals surface area contributed by atoms with Gasteiger partial charge in [-0.1, -0.05) is 42.8 Å².